The zero-order chi connectivity index (χ0) is 15.8. The highest BCUT2D eigenvalue weighted by molar-refractivity contribution is 5.92. The van der Waals surface area contributed by atoms with Crippen molar-refractivity contribution in [2.24, 2.45) is 16.6 Å². The van der Waals surface area contributed by atoms with Crippen LogP contribution in [0.2, 0.25) is 0 Å². The molecule has 1 aliphatic heterocycles. The lowest BCUT2D eigenvalue weighted by Crippen LogP contribution is -2.34. The third kappa shape index (κ3) is 5.56. The van der Waals surface area contributed by atoms with Crippen LogP contribution in [0.25, 0.3) is 0 Å². The first-order valence-electron chi connectivity index (χ1n) is 8.10. The van der Waals surface area contributed by atoms with Gasteiger partial charge in [-0.25, -0.2) is 0 Å². The zero-order valence-corrected chi connectivity index (χ0v) is 13.7. The van der Waals surface area contributed by atoms with E-state index in [0.29, 0.717) is 5.96 Å². The summed E-state index contributed by atoms with van der Waals surface area (Å²) in [5, 5.41) is 3.10. The number of methoxy groups -OCH3 is 1. The topological polar surface area (TPSA) is 62.9 Å². The molecule has 1 fully saturated rings. The van der Waals surface area contributed by atoms with Crippen molar-refractivity contribution >= 4 is 11.6 Å². The van der Waals surface area contributed by atoms with Gasteiger partial charge in [-0.3, -0.25) is 4.99 Å². The van der Waals surface area contributed by atoms with E-state index in [9.17, 15) is 0 Å². The smallest absolute Gasteiger partial charge is 0.193 e. The highest BCUT2D eigenvalue weighted by atomic mass is 16.5. The van der Waals surface area contributed by atoms with Crippen LogP contribution in [0.3, 0.4) is 0 Å². The first-order chi connectivity index (χ1) is 10.7. The van der Waals surface area contributed by atoms with Gasteiger partial charge in [0, 0.05) is 12.2 Å². The van der Waals surface area contributed by atoms with E-state index >= 15 is 0 Å². The maximum Gasteiger partial charge on any atom is 0.193 e. The molecule has 0 spiro atoms. The number of ether oxygens (including phenoxy) is 1. The van der Waals surface area contributed by atoms with Crippen LogP contribution in [0.1, 0.15) is 26.2 Å². The largest absolute Gasteiger partial charge is 0.497 e. The average molecular weight is 304 g/mol. The fourth-order valence-electron chi connectivity index (χ4n) is 2.64. The normalized spacial score (nSPS) is 17.5. The molecule has 0 atom stereocenters. The first kappa shape index (κ1) is 16.6. The minimum Gasteiger partial charge on any atom is -0.497 e. The standard InChI is InChI=1S/C17H28N4O/c1-14-8-12-21(13-9-14)11-3-10-19-17(18)20-15-4-6-16(22-2)7-5-15/h4-7,14H,3,8-13H2,1-2H3,(H3,18,19,20). The van der Waals surface area contributed by atoms with Crippen LogP contribution in [0.15, 0.2) is 29.3 Å². The van der Waals surface area contributed by atoms with Gasteiger partial charge in [-0.2, -0.15) is 0 Å². The summed E-state index contributed by atoms with van der Waals surface area (Å²) in [6, 6.07) is 7.64. The predicted molar refractivity (Wildman–Crippen MR) is 92.6 cm³/mol. The molecule has 0 bridgehead atoms. The van der Waals surface area contributed by atoms with Gasteiger partial charge in [-0.05, 0) is 69.1 Å². The zero-order valence-electron chi connectivity index (χ0n) is 13.7. The molecule has 122 valence electrons. The molecule has 0 aliphatic carbocycles. The molecule has 1 aliphatic rings. The number of nitrogens with two attached hydrogens (primary N) is 1. The summed E-state index contributed by atoms with van der Waals surface area (Å²) in [6.07, 6.45) is 3.70. The molecule has 3 N–H and O–H groups in total. The molecule has 5 nitrogen and oxygen atoms in total. The Bertz CT molecular complexity index is 464. The van der Waals surface area contributed by atoms with Crippen LogP contribution in [0.5, 0.6) is 5.75 Å². The van der Waals surface area contributed by atoms with E-state index in [2.05, 4.69) is 22.1 Å². The van der Waals surface area contributed by atoms with Crippen LogP contribution < -0.4 is 15.8 Å². The van der Waals surface area contributed by atoms with Crippen molar-refractivity contribution in [2.75, 3.05) is 38.6 Å². The average Bonchev–Trinajstić information content (AvgIpc) is 2.54. The number of benzene rings is 1. The second-order valence-electron chi connectivity index (χ2n) is 6.00. The maximum absolute atomic E-state index is 5.91. The Morgan fingerprint density at radius 2 is 2.00 bits per heavy atom. The SMILES string of the molecule is COc1ccc(NC(N)=NCCCN2CCC(C)CC2)cc1. The predicted octanol–water partition coefficient (Wildman–Crippen LogP) is 2.54. The molecular weight excluding hydrogens is 276 g/mol. The molecule has 1 saturated heterocycles. The minimum absolute atomic E-state index is 0.470. The number of rotatable bonds is 6. The number of anilines is 1. The lowest BCUT2D eigenvalue weighted by atomic mass is 9.99. The highest BCUT2D eigenvalue weighted by Gasteiger charge is 2.14. The van der Waals surface area contributed by atoms with Crippen LogP contribution in [-0.2, 0) is 0 Å². The first-order valence-corrected chi connectivity index (χ1v) is 8.10. The molecule has 2 rings (SSSR count). The summed E-state index contributed by atoms with van der Waals surface area (Å²) in [5.74, 6) is 2.19. The Kier molecular flexibility index (Phi) is 6.52. The van der Waals surface area contributed by atoms with Gasteiger partial charge in [-0.15, -0.1) is 0 Å². The van der Waals surface area contributed by atoms with Gasteiger partial charge in [-0.1, -0.05) is 6.92 Å². The molecule has 0 aromatic heterocycles. The molecule has 1 heterocycles. The number of hydrogen-bond donors (Lipinski definition) is 2. The number of hydrogen-bond acceptors (Lipinski definition) is 3. The molecule has 1 aromatic carbocycles. The van der Waals surface area contributed by atoms with Crippen LogP contribution in [-0.4, -0.2) is 44.1 Å². The molecule has 1 aromatic rings. The van der Waals surface area contributed by atoms with E-state index in [1.54, 1.807) is 7.11 Å². The lowest BCUT2D eigenvalue weighted by molar-refractivity contribution is 0.192. The van der Waals surface area contributed by atoms with E-state index in [1.165, 1.54) is 25.9 Å². The third-order valence-electron chi connectivity index (χ3n) is 4.15. The Hall–Kier alpha value is -1.75. The van der Waals surface area contributed by atoms with Crippen LogP contribution in [0, 0.1) is 5.92 Å². The van der Waals surface area contributed by atoms with Gasteiger partial charge in [0.15, 0.2) is 5.96 Å². The van der Waals surface area contributed by atoms with Gasteiger partial charge in [0.1, 0.15) is 5.75 Å². The molecular formula is C17H28N4O. The molecule has 22 heavy (non-hydrogen) atoms. The lowest BCUT2D eigenvalue weighted by Gasteiger charge is -2.29. The highest BCUT2D eigenvalue weighted by Crippen LogP contribution is 2.16. The van der Waals surface area contributed by atoms with Crippen molar-refractivity contribution in [1.29, 1.82) is 0 Å². The Labute approximate surface area is 133 Å². The fourth-order valence-corrected chi connectivity index (χ4v) is 2.64. The molecule has 0 saturated carbocycles. The molecule has 0 amide bonds. The Morgan fingerprint density at radius 3 is 2.64 bits per heavy atom. The van der Waals surface area contributed by atoms with E-state index in [-0.39, 0.29) is 0 Å². The summed E-state index contributed by atoms with van der Waals surface area (Å²) in [7, 11) is 1.65. The summed E-state index contributed by atoms with van der Waals surface area (Å²) in [6.45, 7) is 6.68. The van der Waals surface area contributed by atoms with Gasteiger partial charge >= 0.3 is 0 Å². The second-order valence-corrected chi connectivity index (χ2v) is 6.00. The molecule has 0 radical (unpaired) electrons. The minimum atomic E-state index is 0.470. The monoisotopic (exact) mass is 304 g/mol. The van der Waals surface area contributed by atoms with E-state index < -0.39 is 0 Å². The van der Waals surface area contributed by atoms with E-state index in [0.717, 1.165) is 36.9 Å². The number of piperidine rings is 1. The van der Waals surface area contributed by atoms with Crippen molar-refractivity contribution in [2.45, 2.75) is 26.2 Å². The number of nitrogens with zero attached hydrogens (tertiary/aromatic N) is 2. The second kappa shape index (κ2) is 8.63. The summed E-state index contributed by atoms with van der Waals surface area (Å²) in [5.41, 5.74) is 6.83. The van der Waals surface area contributed by atoms with Crippen molar-refractivity contribution in [3.8, 4) is 5.75 Å². The Balaban J connectivity index is 1.66. The van der Waals surface area contributed by atoms with E-state index in [4.69, 9.17) is 10.5 Å². The number of nitrogens with one attached hydrogen (secondary N) is 1. The maximum atomic E-state index is 5.91. The summed E-state index contributed by atoms with van der Waals surface area (Å²) < 4.78 is 5.12. The summed E-state index contributed by atoms with van der Waals surface area (Å²) in [4.78, 5) is 6.92. The van der Waals surface area contributed by atoms with Gasteiger partial charge in [0.2, 0.25) is 0 Å². The third-order valence-corrected chi connectivity index (χ3v) is 4.15. The van der Waals surface area contributed by atoms with Crippen molar-refractivity contribution in [3.63, 3.8) is 0 Å². The van der Waals surface area contributed by atoms with Gasteiger partial charge < -0.3 is 20.7 Å². The van der Waals surface area contributed by atoms with Crippen molar-refractivity contribution in [1.82, 2.24) is 4.90 Å². The quantitative estimate of drug-likeness (QED) is 0.482. The van der Waals surface area contributed by atoms with Crippen LogP contribution >= 0.6 is 0 Å². The molecule has 5 heteroatoms. The molecule has 0 unspecified atom stereocenters. The summed E-state index contributed by atoms with van der Waals surface area (Å²) >= 11 is 0. The van der Waals surface area contributed by atoms with Crippen molar-refractivity contribution in [3.05, 3.63) is 24.3 Å². The van der Waals surface area contributed by atoms with E-state index in [1.807, 2.05) is 24.3 Å². The Morgan fingerprint density at radius 1 is 1.32 bits per heavy atom. The van der Waals surface area contributed by atoms with Gasteiger partial charge in [0.05, 0.1) is 7.11 Å². The number of guanidine groups is 1. The van der Waals surface area contributed by atoms with Crippen LogP contribution in [0.4, 0.5) is 5.69 Å². The van der Waals surface area contributed by atoms with Crippen molar-refractivity contribution < 1.29 is 4.74 Å². The number of aliphatic imine (C=N–C) groups is 1. The number of likely N-dealkylation sites (tertiary alicyclic amines) is 1. The fraction of sp³-hybridized carbons (Fsp3) is 0.588. The van der Waals surface area contributed by atoms with Gasteiger partial charge in [0.25, 0.3) is 0 Å².